The fourth-order valence-corrected chi connectivity index (χ4v) is 3.74. The first-order valence-electron chi connectivity index (χ1n) is 9.26. The molecule has 1 aliphatic heterocycles. The fraction of sp³-hybridized carbons (Fsp3) is 0.550. The lowest BCUT2D eigenvalue weighted by atomic mass is 10.0. The summed E-state index contributed by atoms with van der Waals surface area (Å²) in [7, 11) is 0. The van der Waals surface area contributed by atoms with Crippen LogP contribution in [0.15, 0.2) is 33.3 Å². The Labute approximate surface area is 148 Å². The molecule has 0 aromatic carbocycles. The summed E-state index contributed by atoms with van der Waals surface area (Å²) in [6.07, 6.45) is 4.76. The Balaban J connectivity index is 1.25. The van der Waals surface area contributed by atoms with Crippen LogP contribution in [0.2, 0.25) is 0 Å². The quantitative estimate of drug-likeness (QED) is 0.900. The molecule has 1 aliphatic carbocycles. The van der Waals surface area contributed by atoms with Crippen molar-refractivity contribution in [1.29, 1.82) is 0 Å². The van der Waals surface area contributed by atoms with Gasteiger partial charge in [0, 0.05) is 25.0 Å². The number of aryl methyl sites for hydroxylation is 1. The highest BCUT2D eigenvalue weighted by molar-refractivity contribution is 5.95. The number of nitrogens with zero attached hydrogens (tertiary/aromatic N) is 1. The van der Waals surface area contributed by atoms with E-state index in [0.717, 1.165) is 49.9 Å². The second-order valence-corrected chi connectivity index (χ2v) is 7.54. The third kappa shape index (κ3) is 3.66. The lowest BCUT2D eigenvalue weighted by Crippen LogP contribution is -2.44. The molecule has 2 aromatic rings. The molecule has 0 unspecified atom stereocenters. The Kier molecular flexibility index (Phi) is 4.42. The van der Waals surface area contributed by atoms with Crippen LogP contribution < -0.4 is 5.32 Å². The normalized spacial score (nSPS) is 24.4. The van der Waals surface area contributed by atoms with Gasteiger partial charge in [-0.05, 0) is 50.3 Å². The van der Waals surface area contributed by atoms with E-state index in [4.69, 9.17) is 8.83 Å². The molecule has 1 N–H and O–H groups in total. The van der Waals surface area contributed by atoms with Crippen molar-refractivity contribution in [3.05, 3.63) is 47.3 Å². The van der Waals surface area contributed by atoms with E-state index in [1.165, 1.54) is 6.42 Å². The second-order valence-electron chi connectivity index (χ2n) is 7.54. The number of nitrogens with one attached hydrogen (secondary N) is 1. The summed E-state index contributed by atoms with van der Waals surface area (Å²) in [6, 6.07) is 6.23. The van der Waals surface area contributed by atoms with Gasteiger partial charge in [-0.15, -0.1) is 0 Å². The summed E-state index contributed by atoms with van der Waals surface area (Å²) in [5.74, 6) is 4.27. The summed E-state index contributed by atoms with van der Waals surface area (Å²) >= 11 is 0. The van der Waals surface area contributed by atoms with Crippen molar-refractivity contribution in [1.82, 2.24) is 10.2 Å². The molecule has 2 aromatic heterocycles. The van der Waals surface area contributed by atoms with Gasteiger partial charge in [0.25, 0.3) is 5.91 Å². The molecule has 134 valence electrons. The van der Waals surface area contributed by atoms with E-state index in [2.05, 4.69) is 29.3 Å². The van der Waals surface area contributed by atoms with Gasteiger partial charge in [0.15, 0.2) is 0 Å². The molecule has 1 saturated carbocycles. The molecule has 5 heteroatoms. The van der Waals surface area contributed by atoms with E-state index >= 15 is 0 Å². The van der Waals surface area contributed by atoms with Gasteiger partial charge < -0.3 is 14.2 Å². The number of piperidine rings is 1. The highest BCUT2D eigenvalue weighted by atomic mass is 16.3. The SMILES string of the molecule is Cc1occc1C(=O)NC1CCN(Cc2ccc([C@H]3C[C@@H]3C)o2)CC1. The first-order chi connectivity index (χ1) is 12.1. The average molecular weight is 342 g/mol. The first-order valence-corrected chi connectivity index (χ1v) is 9.26. The van der Waals surface area contributed by atoms with Crippen LogP contribution in [0.4, 0.5) is 0 Å². The largest absolute Gasteiger partial charge is 0.469 e. The van der Waals surface area contributed by atoms with Crippen LogP contribution in [-0.2, 0) is 6.54 Å². The topological polar surface area (TPSA) is 58.6 Å². The van der Waals surface area contributed by atoms with E-state index in [-0.39, 0.29) is 11.9 Å². The summed E-state index contributed by atoms with van der Waals surface area (Å²) in [4.78, 5) is 14.7. The van der Waals surface area contributed by atoms with Crippen LogP contribution in [0.25, 0.3) is 0 Å². The van der Waals surface area contributed by atoms with Crippen molar-refractivity contribution in [2.75, 3.05) is 13.1 Å². The van der Waals surface area contributed by atoms with E-state index in [9.17, 15) is 4.79 Å². The van der Waals surface area contributed by atoms with E-state index in [0.29, 0.717) is 17.2 Å². The van der Waals surface area contributed by atoms with Crippen LogP contribution in [0.5, 0.6) is 0 Å². The zero-order valence-corrected chi connectivity index (χ0v) is 15.0. The van der Waals surface area contributed by atoms with Crippen molar-refractivity contribution in [3.63, 3.8) is 0 Å². The minimum absolute atomic E-state index is 0.0288. The van der Waals surface area contributed by atoms with Crippen molar-refractivity contribution in [3.8, 4) is 0 Å². The monoisotopic (exact) mass is 342 g/mol. The molecule has 2 atom stereocenters. The molecule has 4 rings (SSSR count). The molecule has 1 saturated heterocycles. The number of carbonyl (C=O) groups excluding carboxylic acids is 1. The summed E-state index contributed by atoms with van der Waals surface area (Å²) in [6.45, 7) is 6.91. The number of likely N-dealkylation sites (tertiary alicyclic amines) is 1. The molecule has 5 nitrogen and oxygen atoms in total. The van der Waals surface area contributed by atoms with Crippen LogP contribution >= 0.6 is 0 Å². The predicted molar refractivity (Wildman–Crippen MR) is 94.4 cm³/mol. The van der Waals surface area contributed by atoms with Gasteiger partial charge in [-0.1, -0.05) is 6.92 Å². The Bertz CT molecular complexity index is 740. The zero-order chi connectivity index (χ0) is 17.4. The van der Waals surface area contributed by atoms with E-state index < -0.39 is 0 Å². The number of hydrogen-bond acceptors (Lipinski definition) is 4. The highest BCUT2D eigenvalue weighted by Crippen LogP contribution is 2.47. The minimum atomic E-state index is -0.0288. The van der Waals surface area contributed by atoms with Crippen molar-refractivity contribution < 1.29 is 13.6 Å². The van der Waals surface area contributed by atoms with Crippen LogP contribution in [0.3, 0.4) is 0 Å². The maximum atomic E-state index is 12.3. The molecular weight excluding hydrogens is 316 g/mol. The van der Waals surface area contributed by atoms with Gasteiger partial charge in [0.1, 0.15) is 17.3 Å². The first kappa shape index (κ1) is 16.5. The third-order valence-electron chi connectivity index (χ3n) is 5.56. The Morgan fingerprint density at radius 1 is 1.28 bits per heavy atom. The zero-order valence-electron chi connectivity index (χ0n) is 15.0. The van der Waals surface area contributed by atoms with Gasteiger partial charge in [0.05, 0.1) is 18.4 Å². The lowest BCUT2D eigenvalue weighted by molar-refractivity contribution is 0.0904. The van der Waals surface area contributed by atoms with Crippen molar-refractivity contribution in [2.45, 2.75) is 51.6 Å². The Morgan fingerprint density at radius 3 is 2.68 bits per heavy atom. The molecule has 1 amide bonds. The number of amides is 1. The van der Waals surface area contributed by atoms with Gasteiger partial charge in [-0.25, -0.2) is 0 Å². The molecule has 0 bridgehead atoms. The number of rotatable bonds is 5. The average Bonchev–Trinajstić information content (AvgIpc) is 2.98. The molecule has 0 spiro atoms. The summed E-state index contributed by atoms with van der Waals surface area (Å²) < 4.78 is 11.2. The van der Waals surface area contributed by atoms with Crippen molar-refractivity contribution in [2.24, 2.45) is 5.92 Å². The molecule has 0 radical (unpaired) electrons. The second kappa shape index (κ2) is 6.71. The molecule has 2 fully saturated rings. The standard InChI is InChI=1S/C20H26N2O3/c1-13-11-18(13)19-4-3-16(25-19)12-22-8-5-15(6-9-22)21-20(23)17-7-10-24-14(17)2/h3-4,7,10,13,15,18H,5-6,8-9,11-12H2,1-2H3,(H,21,23)/t13-,18-/m0/s1. The van der Waals surface area contributed by atoms with Gasteiger partial charge in [0.2, 0.25) is 0 Å². The van der Waals surface area contributed by atoms with Gasteiger partial charge in [-0.2, -0.15) is 0 Å². The fourth-order valence-electron chi connectivity index (χ4n) is 3.74. The smallest absolute Gasteiger partial charge is 0.255 e. The Morgan fingerprint density at radius 2 is 2.04 bits per heavy atom. The lowest BCUT2D eigenvalue weighted by Gasteiger charge is -2.31. The highest BCUT2D eigenvalue weighted by Gasteiger charge is 2.36. The molecular formula is C20H26N2O3. The number of carbonyl (C=O) groups is 1. The Hall–Kier alpha value is -2.01. The number of furan rings is 2. The minimum Gasteiger partial charge on any atom is -0.469 e. The molecule has 25 heavy (non-hydrogen) atoms. The number of hydrogen-bond donors (Lipinski definition) is 1. The molecule has 3 heterocycles. The maximum Gasteiger partial charge on any atom is 0.255 e. The third-order valence-corrected chi connectivity index (χ3v) is 5.56. The van der Waals surface area contributed by atoms with Gasteiger partial charge >= 0.3 is 0 Å². The van der Waals surface area contributed by atoms with Gasteiger partial charge in [-0.3, -0.25) is 9.69 Å². The van der Waals surface area contributed by atoms with Crippen molar-refractivity contribution >= 4 is 5.91 Å². The van der Waals surface area contributed by atoms with E-state index in [1.807, 2.05) is 6.92 Å². The van der Waals surface area contributed by atoms with E-state index in [1.54, 1.807) is 12.3 Å². The maximum absolute atomic E-state index is 12.3. The molecule has 2 aliphatic rings. The van der Waals surface area contributed by atoms with Crippen LogP contribution in [0, 0.1) is 12.8 Å². The van der Waals surface area contributed by atoms with Crippen LogP contribution in [0.1, 0.15) is 59.7 Å². The summed E-state index contributed by atoms with van der Waals surface area (Å²) in [5, 5.41) is 3.13. The predicted octanol–water partition coefficient (Wildman–Crippen LogP) is 3.70. The summed E-state index contributed by atoms with van der Waals surface area (Å²) in [5.41, 5.74) is 0.639. The van der Waals surface area contributed by atoms with Crippen LogP contribution in [-0.4, -0.2) is 29.9 Å².